The molecule has 0 aromatic heterocycles. The van der Waals surface area contributed by atoms with E-state index >= 15 is 0 Å². The fourth-order valence-electron chi connectivity index (χ4n) is 2.26. The second-order valence-electron chi connectivity index (χ2n) is 6.61. The van der Waals surface area contributed by atoms with E-state index in [2.05, 4.69) is 5.10 Å². The Morgan fingerprint density at radius 2 is 1.86 bits per heavy atom. The summed E-state index contributed by atoms with van der Waals surface area (Å²) in [6.45, 7) is 7.27. The van der Waals surface area contributed by atoms with Crippen LogP contribution >= 0.6 is 0 Å². The fraction of sp³-hybridized carbons (Fsp3) is 0.471. The fourth-order valence-corrected chi connectivity index (χ4v) is 2.26. The Balaban J connectivity index is 2.34. The molecule has 1 heterocycles. The summed E-state index contributed by atoms with van der Waals surface area (Å²) in [6.07, 6.45) is 0.203. The summed E-state index contributed by atoms with van der Waals surface area (Å²) in [4.78, 5) is 24.5. The number of rotatable bonds is 1. The lowest BCUT2D eigenvalue weighted by Crippen LogP contribution is -2.37. The van der Waals surface area contributed by atoms with Crippen LogP contribution in [0.1, 0.15) is 46.1 Å². The summed E-state index contributed by atoms with van der Waals surface area (Å²) in [7, 11) is 0. The summed E-state index contributed by atoms with van der Waals surface area (Å²) in [6, 6.07) is 9.59. The summed E-state index contributed by atoms with van der Waals surface area (Å²) >= 11 is 0. The number of hydrazone groups is 1. The highest BCUT2D eigenvalue weighted by Crippen LogP contribution is 2.21. The highest BCUT2D eigenvalue weighted by Gasteiger charge is 2.31. The maximum atomic E-state index is 12.2. The number of carbonyl (C=O) groups excluding carboxylic acids is 2. The van der Waals surface area contributed by atoms with Gasteiger partial charge in [0.25, 0.3) is 5.91 Å². The van der Waals surface area contributed by atoms with Crippen molar-refractivity contribution in [3.05, 3.63) is 35.9 Å². The van der Waals surface area contributed by atoms with Crippen molar-refractivity contribution in [2.75, 3.05) is 0 Å². The van der Waals surface area contributed by atoms with Gasteiger partial charge < -0.3 is 4.74 Å². The van der Waals surface area contributed by atoms with Gasteiger partial charge in [-0.05, 0) is 38.7 Å². The van der Waals surface area contributed by atoms with Gasteiger partial charge in [0.15, 0.2) is 0 Å². The number of imide groups is 1. The van der Waals surface area contributed by atoms with Gasteiger partial charge in [0.2, 0.25) is 0 Å². The first-order valence-electron chi connectivity index (χ1n) is 7.45. The predicted octanol–water partition coefficient (Wildman–Crippen LogP) is 3.58. The van der Waals surface area contributed by atoms with Gasteiger partial charge in [0.1, 0.15) is 5.60 Å². The lowest BCUT2D eigenvalue weighted by atomic mass is 9.97. The third-order valence-electron chi connectivity index (χ3n) is 3.20. The number of hydrogen-bond donors (Lipinski definition) is 0. The Morgan fingerprint density at radius 3 is 2.45 bits per heavy atom. The van der Waals surface area contributed by atoms with E-state index in [0.29, 0.717) is 6.42 Å². The van der Waals surface area contributed by atoms with Gasteiger partial charge in [-0.15, -0.1) is 5.01 Å². The number of amides is 2. The molecule has 0 spiro atoms. The molecule has 1 aliphatic heterocycles. The summed E-state index contributed by atoms with van der Waals surface area (Å²) in [5, 5.41) is 5.16. The van der Waals surface area contributed by atoms with Crippen molar-refractivity contribution < 1.29 is 14.3 Å². The smallest absolute Gasteiger partial charge is 0.438 e. The molecule has 0 unspecified atom stereocenters. The molecule has 0 N–H and O–H groups in total. The van der Waals surface area contributed by atoms with Crippen LogP contribution in [0.2, 0.25) is 0 Å². The van der Waals surface area contributed by atoms with E-state index in [1.54, 1.807) is 20.8 Å². The molecule has 1 aliphatic rings. The van der Waals surface area contributed by atoms with Crippen LogP contribution in [0.5, 0.6) is 0 Å². The van der Waals surface area contributed by atoms with Crippen molar-refractivity contribution >= 4 is 17.7 Å². The lowest BCUT2D eigenvalue weighted by Gasteiger charge is -2.23. The minimum Gasteiger partial charge on any atom is -0.442 e. The number of ether oxygens (including phenoxy) is 1. The Labute approximate surface area is 131 Å². The van der Waals surface area contributed by atoms with Crippen LogP contribution in [0.4, 0.5) is 4.79 Å². The molecule has 22 heavy (non-hydrogen) atoms. The zero-order chi connectivity index (χ0) is 16.3. The Bertz CT molecular complexity index is 588. The molecule has 0 radical (unpaired) electrons. The quantitative estimate of drug-likeness (QED) is 0.796. The van der Waals surface area contributed by atoms with Gasteiger partial charge in [-0.3, -0.25) is 4.79 Å². The van der Waals surface area contributed by atoms with Crippen molar-refractivity contribution in [3.63, 3.8) is 0 Å². The zero-order valence-electron chi connectivity index (χ0n) is 13.5. The topological polar surface area (TPSA) is 59.0 Å². The molecule has 1 aromatic rings. The summed E-state index contributed by atoms with van der Waals surface area (Å²) < 4.78 is 5.28. The van der Waals surface area contributed by atoms with Gasteiger partial charge in [-0.25, -0.2) is 4.79 Å². The zero-order valence-corrected chi connectivity index (χ0v) is 13.5. The maximum Gasteiger partial charge on any atom is 0.438 e. The summed E-state index contributed by atoms with van der Waals surface area (Å²) in [5.74, 6) is -0.202. The second-order valence-corrected chi connectivity index (χ2v) is 6.61. The van der Waals surface area contributed by atoms with Crippen LogP contribution in [0, 0.1) is 5.92 Å². The number of hydrogen-bond acceptors (Lipinski definition) is 4. The normalized spacial score (nSPS) is 19.5. The van der Waals surface area contributed by atoms with E-state index in [1.165, 1.54) is 0 Å². The Kier molecular flexibility index (Phi) is 4.64. The molecule has 5 heteroatoms. The number of nitrogens with zero attached hydrogens (tertiary/aromatic N) is 2. The van der Waals surface area contributed by atoms with E-state index in [9.17, 15) is 9.59 Å². The van der Waals surface area contributed by atoms with Crippen molar-refractivity contribution in [1.29, 1.82) is 0 Å². The number of carbonyl (C=O) groups is 2. The van der Waals surface area contributed by atoms with E-state index in [1.807, 2.05) is 37.3 Å². The first-order valence-corrected chi connectivity index (χ1v) is 7.45. The van der Waals surface area contributed by atoms with Crippen molar-refractivity contribution in [2.24, 2.45) is 11.0 Å². The first kappa shape index (κ1) is 16.2. The van der Waals surface area contributed by atoms with Crippen LogP contribution in [0.15, 0.2) is 35.4 Å². The SMILES string of the molecule is C[C@@H]1CC(=O)N(C(=O)OC(C)(C)C)N=C(c2ccccc2)C1. The average Bonchev–Trinajstić information content (AvgIpc) is 2.56. The van der Waals surface area contributed by atoms with Gasteiger partial charge in [-0.1, -0.05) is 37.3 Å². The van der Waals surface area contributed by atoms with E-state index < -0.39 is 11.7 Å². The third-order valence-corrected chi connectivity index (χ3v) is 3.20. The lowest BCUT2D eigenvalue weighted by molar-refractivity contribution is -0.130. The van der Waals surface area contributed by atoms with Gasteiger partial charge in [-0.2, -0.15) is 5.10 Å². The minimum atomic E-state index is -0.722. The van der Waals surface area contributed by atoms with Gasteiger partial charge in [0, 0.05) is 6.42 Å². The molecule has 0 saturated carbocycles. The average molecular weight is 302 g/mol. The van der Waals surface area contributed by atoms with Crippen LogP contribution in [-0.4, -0.2) is 28.3 Å². The molecule has 5 nitrogen and oxygen atoms in total. The van der Waals surface area contributed by atoms with E-state index in [0.717, 1.165) is 16.3 Å². The van der Waals surface area contributed by atoms with Gasteiger partial charge >= 0.3 is 6.09 Å². The van der Waals surface area contributed by atoms with E-state index in [4.69, 9.17) is 4.74 Å². The largest absolute Gasteiger partial charge is 0.442 e. The maximum absolute atomic E-state index is 12.2. The predicted molar refractivity (Wildman–Crippen MR) is 84.5 cm³/mol. The molecule has 2 amide bonds. The van der Waals surface area contributed by atoms with Gasteiger partial charge in [0.05, 0.1) is 5.71 Å². The Morgan fingerprint density at radius 1 is 1.23 bits per heavy atom. The highest BCUT2D eigenvalue weighted by molar-refractivity contribution is 6.04. The molecular formula is C17H22N2O3. The summed E-state index contributed by atoms with van der Waals surface area (Å²) in [5.41, 5.74) is 0.972. The molecule has 0 saturated heterocycles. The molecule has 0 bridgehead atoms. The monoisotopic (exact) mass is 302 g/mol. The Hall–Kier alpha value is -2.17. The second kappa shape index (κ2) is 6.30. The van der Waals surface area contributed by atoms with Crippen molar-refractivity contribution in [3.8, 4) is 0 Å². The first-order chi connectivity index (χ1) is 10.3. The van der Waals surface area contributed by atoms with Crippen LogP contribution in [-0.2, 0) is 9.53 Å². The number of benzene rings is 1. The standard InChI is InChI=1S/C17H22N2O3/c1-12-10-14(13-8-6-5-7-9-13)18-19(15(20)11-12)16(21)22-17(2,3)4/h5-9,12H,10-11H2,1-4H3/t12-/m0/s1. The molecule has 0 aliphatic carbocycles. The van der Waals surface area contributed by atoms with E-state index in [-0.39, 0.29) is 18.2 Å². The molecule has 1 aromatic carbocycles. The molecule has 1 atom stereocenters. The highest BCUT2D eigenvalue weighted by atomic mass is 16.6. The van der Waals surface area contributed by atoms with Crippen molar-refractivity contribution in [2.45, 2.75) is 46.1 Å². The molecule has 2 rings (SSSR count). The van der Waals surface area contributed by atoms with Crippen LogP contribution in [0.25, 0.3) is 0 Å². The minimum absolute atomic E-state index is 0.124. The molecule has 0 fully saturated rings. The molecule has 118 valence electrons. The third kappa shape index (κ3) is 4.16. The van der Waals surface area contributed by atoms with Crippen molar-refractivity contribution in [1.82, 2.24) is 5.01 Å². The van der Waals surface area contributed by atoms with Crippen LogP contribution < -0.4 is 0 Å². The molecular weight excluding hydrogens is 280 g/mol. The van der Waals surface area contributed by atoms with Crippen LogP contribution in [0.3, 0.4) is 0 Å².